The first-order valence-electron chi connectivity index (χ1n) is 11.5. The summed E-state index contributed by atoms with van der Waals surface area (Å²) in [7, 11) is 0. The van der Waals surface area contributed by atoms with Crippen LogP contribution in [0, 0.1) is 12.8 Å². The molecule has 1 aliphatic heterocycles. The first-order chi connectivity index (χ1) is 16.3. The Morgan fingerprint density at radius 2 is 1.97 bits per heavy atom. The Kier molecular flexibility index (Phi) is 7.33. The van der Waals surface area contributed by atoms with Crippen LogP contribution in [0.3, 0.4) is 0 Å². The van der Waals surface area contributed by atoms with E-state index < -0.39 is 11.9 Å². The molecule has 0 amide bonds. The highest BCUT2D eigenvalue weighted by molar-refractivity contribution is 7.12. The number of carboxylic acids is 1. The van der Waals surface area contributed by atoms with Gasteiger partial charge in [0.2, 0.25) is 0 Å². The second-order valence-electron chi connectivity index (χ2n) is 8.83. The van der Waals surface area contributed by atoms with Gasteiger partial charge in [0.1, 0.15) is 12.4 Å². The van der Waals surface area contributed by atoms with Gasteiger partial charge in [0, 0.05) is 30.0 Å². The molecule has 0 spiro atoms. The van der Waals surface area contributed by atoms with E-state index in [0.29, 0.717) is 30.8 Å². The second kappa shape index (κ2) is 10.2. The maximum absolute atomic E-state index is 14.7. The van der Waals surface area contributed by atoms with Crippen LogP contribution in [0.2, 0.25) is 0 Å². The van der Waals surface area contributed by atoms with Gasteiger partial charge in [-0.1, -0.05) is 49.4 Å². The third kappa shape index (κ3) is 5.47. The van der Waals surface area contributed by atoms with Gasteiger partial charge in [0.05, 0.1) is 10.8 Å². The van der Waals surface area contributed by atoms with Crippen LogP contribution in [-0.2, 0) is 23.9 Å². The fourth-order valence-electron chi connectivity index (χ4n) is 4.33. The fraction of sp³-hybridized carbons (Fsp3) is 0.370. The Balaban J connectivity index is 1.46. The number of hydrogen-bond donors (Lipinski definition) is 1. The lowest BCUT2D eigenvalue weighted by atomic mass is 10.0. The summed E-state index contributed by atoms with van der Waals surface area (Å²) in [5.74, 6) is -3.19. The molecule has 1 aliphatic rings. The maximum atomic E-state index is 14.7. The Morgan fingerprint density at radius 1 is 1.21 bits per heavy atom. The number of likely N-dealkylation sites (tertiary alicyclic amines) is 1. The zero-order chi connectivity index (χ0) is 24.3. The molecule has 180 valence electrons. The first-order valence-corrected chi connectivity index (χ1v) is 12.3. The molecule has 0 aliphatic carbocycles. The van der Waals surface area contributed by atoms with E-state index in [1.807, 2.05) is 61.5 Å². The summed E-state index contributed by atoms with van der Waals surface area (Å²) in [5.41, 5.74) is 3.41. The molecule has 4 rings (SSSR count). The van der Waals surface area contributed by atoms with Crippen LogP contribution in [0.5, 0.6) is 5.75 Å². The van der Waals surface area contributed by atoms with Crippen molar-refractivity contribution in [1.29, 1.82) is 0 Å². The van der Waals surface area contributed by atoms with Gasteiger partial charge >= 0.3 is 5.97 Å². The molecule has 1 saturated heterocycles. The van der Waals surface area contributed by atoms with Crippen LogP contribution < -0.4 is 4.74 Å². The second-order valence-corrected chi connectivity index (χ2v) is 9.96. The summed E-state index contributed by atoms with van der Waals surface area (Å²) >= 11 is 1.11. The van der Waals surface area contributed by atoms with Crippen LogP contribution in [0.4, 0.5) is 8.78 Å². The number of hydrogen-bond acceptors (Lipinski definition) is 4. The third-order valence-electron chi connectivity index (χ3n) is 6.28. The fourth-order valence-corrected chi connectivity index (χ4v) is 5.47. The first kappa shape index (κ1) is 24.4. The SMILES string of the molecule is CCC(F)(F)c1sc(COc2ccc(CN3CCC(C(=O)O)C3)cc2C)cc1-c1ccccc1. The summed E-state index contributed by atoms with van der Waals surface area (Å²) < 4.78 is 35.4. The van der Waals surface area contributed by atoms with Crippen LogP contribution in [0.1, 0.15) is 40.6 Å². The van der Waals surface area contributed by atoms with E-state index in [1.54, 1.807) is 0 Å². The summed E-state index contributed by atoms with van der Waals surface area (Å²) in [6.45, 7) is 5.73. The van der Waals surface area contributed by atoms with E-state index in [4.69, 9.17) is 4.74 Å². The molecule has 1 aromatic heterocycles. The van der Waals surface area contributed by atoms with Crippen LogP contribution >= 0.6 is 11.3 Å². The van der Waals surface area contributed by atoms with Crippen molar-refractivity contribution in [1.82, 2.24) is 4.90 Å². The van der Waals surface area contributed by atoms with Gasteiger partial charge in [0.25, 0.3) is 5.92 Å². The van der Waals surface area contributed by atoms with Gasteiger partial charge in [0.15, 0.2) is 0 Å². The van der Waals surface area contributed by atoms with E-state index in [0.717, 1.165) is 39.4 Å². The highest BCUT2D eigenvalue weighted by atomic mass is 32.1. The predicted octanol–water partition coefficient (Wildman–Crippen LogP) is 6.71. The number of aliphatic carboxylic acids is 1. The average molecular weight is 486 g/mol. The molecule has 0 radical (unpaired) electrons. The molecule has 0 bridgehead atoms. The highest BCUT2D eigenvalue weighted by Crippen LogP contribution is 2.44. The lowest BCUT2D eigenvalue weighted by molar-refractivity contribution is -0.141. The summed E-state index contributed by atoms with van der Waals surface area (Å²) in [6, 6.07) is 17.0. The Labute approximate surface area is 202 Å². The van der Waals surface area contributed by atoms with Crippen molar-refractivity contribution >= 4 is 17.3 Å². The molecule has 34 heavy (non-hydrogen) atoms. The zero-order valence-electron chi connectivity index (χ0n) is 19.4. The summed E-state index contributed by atoms with van der Waals surface area (Å²) in [5, 5.41) is 9.19. The lowest BCUT2D eigenvalue weighted by Gasteiger charge is -2.16. The molecule has 4 nitrogen and oxygen atoms in total. The van der Waals surface area contributed by atoms with Crippen LogP contribution in [0.25, 0.3) is 11.1 Å². The van der Waals surface area contributed by atoms with Gasteiger partial charge in [-0.05, 0) is 48.7 Å². The number of thiophene rings is 1. The van der Waals surface area contributed by atoms with Crippen molar-refractivity contribution in [2.45, 2.75) is 45.8 Å². The molecule has 2 heterocycles. The normalized spacial score (nSPS) is 16.6. The van der Waals surface area contributed by atoms with E-state index >= 15 is 0 Å². The molecule has 1 unspecified atom stereocenters. The van der Waals surface area contributed by atoms with Crippen LogP contribution in [0.15, 0.2) is 54.6 Å². The molecule has 7 heteroatoms. The monoisotopic (exact) mass is 485 g/mol. The molecule has 1 N–H and O–H groups in total. The smallest absolute Gasteiger partial charge is 0.307 e. The maximum Gasteiger partial charge on any atom is 0.307 e. The van der Waals surface area contributed by atoms with Gasteiger partial charge in [-0.25, -0.2) is 8.78 Å². The van der Waals surface area contributed by atoms with Crippen molar-refractivity contribution in [3.8, 4) is 16.9 Å². The number of halogens is 2. The molecule has 2 aromatic carbocycles. The number of benzene rings is 2. The van der Waals surface area contributed by atoms with Crippen molar-refractivity contribution in [2.24, 2.45) is 5.92 Å². The van der Waals surface area contributed by atoms with E-state index in [2.05, 4.69) is 4.90 Å². The third-order valence-corrected chi connectivity index (χ3v) is 7.50. The molecule has 1 fully saturated rings. The minimum Gasteiger partial charge on any atom is -0.488 e. The van der Waals surface area contributed by atoms with Crippen molar-refractivity contribution in [3.63, 3.8) is 0 Å². The number of rotatable bonds is 9. The quantitative estimate of drug-likeness (QED) is 0.366. The highest BCUT2D eigenvalue weighted by Gasteiger charge is 2.34. The number of nitrogens with zero attached hydrogens (tertiary/aromatic N) is 1. The Morgan fingerprint density at radius 3 is 2.62 bits per heavy atom. The van der Waals surface area contributed by atoms with Crippen molar-refractivity contribution < 1.29 is 23.4 Å². The summed E-state index contributed by atoms with van der Waals surface area (Å²) in [6.07, 6.45) is 0.429. The van der Waals surface area contributed by atoms with E-state index in [-0.39, 0.29) is 23.8 Å². The van der Waals surface area contributed by atoms with E-state index in [1.165, 1.54) is 6.92 Å². The largest absolute Gasteiger partial charge is 0.488 e. The molecule has 3 aromatic rings. The van der Waals surface area contributed by atoms with Crippen molar-refractivity contribution in [2.75, 3.05) is 13.1 Å². The number of aryl methyl sites for hydroxylation is 1. The summed E-state index contributed by atoms with van der Waals surface area (Å²) in [4.78, 5) is 14.2. The number of ether oxygens (including phenoxy) is 1. The van der Waals surface area contributed by atoms with Crippen LogP contribution in [-0.4, -0.2) is 29.1 Å². The van der Waals surface area contributed by atoms with Gasteiger partial charge in [-0.2, -0.15) is 0 Å². The van der Waals surface area contributed by atoms with Gasteiger partial charge < -0.3 is 9.84 Å². The Hall–Kier alpha value is -2.77. The molecule has 0 saturated carbocycles. The lowest BCUT2D eigenvalue weighted by Crippen LogP contribution is -2.22. The van der Waals surface area contributed by atoms with E-state index in [9.17, 15) is 18.7 Å². The molecule has 1 atom stereocenters. The number of alkyl halides is 2. The average Bonchev–Trinajstić information content (AvgIpc) is 3.47. The zero-order valence-corrected chi connectivity index (χ0v) is 20.2. The number of carboxylic acid groups (broad SMARTS) is 1. The topological polar surface area (TPSA) is 49.8 Å². The van der Waals surface area contributed by atoms with Crippen molar-refractivity contribution in [3.05, 3.63) is 75.5 Å². The standard InChI is InChI=1S/C27H29F2NO3S/c1-3-27(28,29)25-23(20-7-5-4-6-8-20)14-22(34-25)17-33-24-10-9-19(13-18(24)2)15-30-12-11-21(16-30)26(31)32/h4-10,13-14,21H,3,11-12,15-17H2,1-2H3,(H,31,32). The predicted molar refractivity (Wildman–Crippen MR) is 130 cm³/mol. The molecular weight excluding hydrogens is 456 g/mol. The van der Waals surface area contributed by atoms with Gasteiger partial charge in [-0.15, -0.1) is 11.3 Å². The van der Waals surface area contributed by atoms with Gasteiger partial charge in [-0.3, -0.25) is 9.69 Å². The minimum atomic E-state index is -2.89. The molecular formula is C27H29F2NO3S. The number of carbonyl (C=O) groups is 1. The Bertz CT molecular complexity index is 1150. The minimum absolute atomic E-state index is 0.0807.